The van der Waals surface area contributed by atoms with Crippen molar-refractivity contribution in [3.05, 3.63) is 84.7 Å². The maximum Gasteiger partial charge on any atom is 0.149 e. The fourth-order valence-corrected chi connectivity index (χ4v) is 4.96. The van der Waals surface area contributed by atoms with Crippen LogP contribution < -0.4 is 0 Å². The van der Waals surface area contributed by atoms with E-state index in [-0.39, 0.29) is 17.6 Å². The standard InChI is InChI=1S/C31H36N6O/c1-5-23(30-34-17-25(36-30)21-13-9-7-10-14-21)27(32)19(3)29(38)20(4)28(33)24(6-2)31-35-18-26(37-31)22-15-11-8-12-16-22/h7-20,23-24,32-33H,5-6H2,1-4H3,(H,34,36)(H,35,37). The topological polar surface area (TPSA) is 122 Å². The van der Waals surface area contributed by atoms with Gasteiger partial charge in [-0.1, -0.05) is 88.4 Å². The summed E-state index contributed by atoms with van der Waals surface area (Å²) in [5, 5.41) is 17.8. The Balaban J connectivity index is 1.47. The number of benzene rings is 2. The zero-order valence-corrected chi connectivity index (χ0v) is 22.5. The summed E-state index contributed by atoms with van der Waals surface area (Å²) < 4.78 is 0. The van der Waals surface area contributed by atoms with Crippen LogP contribution in [0, 0.1) is 22.7 Å². The number of hydrogen-bond acceptors (Lipinski definition) is 5. The molecule has 2 aromatic carbocycles. The smallest absolute Gasteiger partial charge is 0.149 e. The summed E-state index contributed by atoms with van der Waals surface area (Å²) in [6, 6.07) is 19.9. The van der Waals surface area contributed by atoms with Crippen LogP contribution in [-0.4, -0.2) is 37.1 Å². The van der Waals surface area contributed by atoms with Gasteiger partial charge in [-0.3, -0.25) is 4.79 Å². The molecule has 0 aliphatic heterocycles. The van der Waals surface area contributed by atoms with E-state index in [1.54, 1.807) is 26.2 Å². The summed E-state index contributed by atoms with van der Waals surface area (Å²) in [5.74, 6) is -0.601. The highest BCUT2D eigenvalue weighted by Gasteiger charge is 2.34. The van der Waals surface area contributed by atoms with Crippen molar-refractivity contribution >= 4 is 17.2 Å². The number of rotatable bonds is 12. The molecule has 4 N–H and O–H groups in total. The molecule has 0 aliphatic rings. The molecule has 7 heteroatoms. The molecule has 196 valence electrons. The molecule has 2 heterocycles. The molecule has 38 heavy (non-hydrogen) atoms. The summed E-state index contributed by atoms with van der Waals surface area (Å²) in [6.07, 6.45) is 4.86. The molecule has 0 saturated heterocycles. The molecular formula is C31H36N6O. The second kappa shape index (κ2) is 11.9. The average Bonchev–Trinajstić information content (AvgIpc) is 3.64. The quantitative estimate of drug-likeness (QED) is 0.154. The predicted octanol–water partition coefficient (Wildman–Crippen LogP) is 7.04. The van der Waals surface area contributed by atoms with Crippen molar-refractivity contribution in [1.82, 2.24) is 19.9 Å². The van der Waals surface area contributed by atoms with Crippen LogP contribution in [0.5, 0.6) is 0 Å². The third kappa shape index (κ3) is 5.57. The van der Waals surface area contributed by atoms with Crippen LogP contribution in [0.25, 0.3) is 22.5 Å². The molecule has 4 rings (SSSR count). The van der Waals surface area contributed by atoms with E-state index >= 15 is 0 Å². The Bertz CT molecular complexity index is 1280. The van der Waals surface area contributed by atoms with Crippen LogP contribution >= 0.6 is 0 Å². The van der Waals surface area contributed by atoms with Gasteiger partial charge in [0.2, 0.25) is 0 Å². The van der Waals surface area contributed by atoms with Crippen LogP contribution in [-0.2, 0) is 4.79 Å². The number of imidazole rings is 2. The number of Topliss-reactive ketones (excluding diaryl/α,β-unsaturated/α-hetero) is 1. The van der Waals surface area contributed by atoms with E-state index in [0.29, 0.717) is 35.9 Å². The number of ketones is 1. The number of carbonyl (C=O) groups excluding carboxylic acids is 1. The van der Waals surface area contributed by atoms with Crippen LogP contribution in [0.2, 0.25) is 0 Å². The molecular weight excluding hydrogens is 472 g/mol. The number of nitrogens with zero attached hydrogens (tertiary/aromatic N) is 2. The molecule has 0 aliphatic carbocycles. The lowest BCUT2D eigenvalue weighted by Gasteiger charge is -2.24. The van der Waals surface area contributed by atoms with E-state index in [9.17, 15) is 4.79 Å². The summed E-state index contributed by atoms with van der Waals surface area (Å²) in [7, 11) is 0. The van der Waals surface area contributed by atoms with Crippen molar-refractivity contribution in [2.75, 3.05) is 0 Å². The average molecular weight is 509 g/mol. The third-order valence-electron chi connectivity index (χ3n) is 7.37. The Labute approximate surface area is 224 Å². The highest BCUT2D eigenvalue weighted by atomic mass is 16.1. The van der Waals surface area contributed by atoms with Gasteiger partial charge in [0.15, 0.2) is 0 Å². The van der Waals surface area contributed by atoms with Crippen molar-refractivity contribution in [3.63, 3.8) is 0 Å². The maximum atomic E-state index is 13.5. The number of H-pyrrole nitrogens is 2. The molecule has 4 unspecified atom stereocenters. The molecule has 2 aromatic heterocycles. The minimum Gasteiger partial charge on any atom is -0.341 e. The Morgan fingerprint density at radius 1 is 0.711 bits per heavy atom. The molecule has 0 fully saturated rings. The number of aromatic nitrogens is 4. The molecule has 4 aromatic rings. The van der Waals surface area contributed by atoms with Crippen LogP contribution in [0.1, 0.15) is 64.0 Å². The summed E-state index contributed by atoms with van der Waals surface area (Å²) in [6.45, 7) is 7.56. The molecule has 0 saturated carbocycles. The van der Waals surface area contributed by atoms with Crippen LogP contribution in [0.3, 0.4) is 0 Å². The van der Waals surface area contributed by atoms with E-state index in [1.807, 2.05) is 74.5 Å². The highest BCUT2D eigenvalue weighted by molar-refractivity contribution is 6.14. The lowest BCUT2D eigenvalue weighted by atomic mass is 9.80. The van der Waals surface area contributed by atoms with E-state index in [4.69, 9.17) is 10.8 Å². The van der Waals surface area contributed by atoms with Crippen molar-refractivity contribution in [2.24, 2.45) is 11.8 Å². The number of carbonyl (C=O) groups is 1. The molecule has 4 atom stereocenters. The number of aromatic amines is 2. The second-order valence-electron chi connectivity index (χ2n) is 9.77. The first kappa shape index (κ1) is 26.9. The molecule has 7 nitrogen and oxygen atoms in total. The lowest BCUT2D eigenvalue weighted by molar-refractivity contribution is -0.122. The number of hydrogen-bond donors (Lipinski definition) is 4. The second-order valence-corrected chi connectivity index (χ2v) is 9.77. The minimum absolute atomic E-state index is 0.124. The van der Waals surface area contributed by atoms with E-state index < -0.39 is 11.8 Å². The monoisotopic (exact) mass is 508 g/mol. The molecule has 0 spiro atoms. The lowest BCUT2D eigenvalue weighted by Crippen LogP contribution is -2.35. The summed E-state index contributed by atoms with van der Waals surface area (Å²) in [4.78, 5) is 29.4. The fraction of sp³-hybridized carbons (Fsp3) is 0.323. The van der Waals surface area contributed by atoms with Gasteiger partial charge in [0, 0.05) is 11.4 Å². The van der Waals surface area contributed by atoms with Crippen molar-refractivity contribution in [2.45, 2.75) is 52.4 Å². The normalized spacial score (nSPS) is 14.4. The van der Waals surface area contributed by atoms with Gasteiger partial charge in [0.25, 0.3) is 0 Å². The third-order valence-corrected chi connectivity index (χ3v) is 7.37. The van der Waals surface area contributed by atoms with E-state index in [1.165, 1.54) is 0 Å². The fourth-order valence-electron chi connectivity index (χ4n) is 4.96. The maximum absolute atomic E-state index is 13.5. The van der Waals surface area contributed by atoms with Crippen molar-refractivity contribution in [1.29, 1.82) is 10.8 Å². The Kier molecular flexibility index (Phi) is 8.46. The summed E-state index contributed by atoms with van der Waals surface area (Å²) >= 11 is 0. The molecule has 0 radical (unpaired) electrons. The summed E-state index contributed by atoms with van der Waals surface area (Å²) in [5.41, 5.74) is 4.47. The van der Waals surface area contributed by atoms with Gasteiger partial charge in [0.05, 0.1) is 47.5 Å². The van der Waals surface area contributed by atoms with Gasteiger partial charge >= 0.3 is 0 Å². The zero-order chi connectivity index (χ0) is 27.2. The highest BCUT2D eigenvalue weighted by Crippen LogP contribution is 2.29. The van der Waals surface area contributed by atoms with Crippen molar-refractivity contribution in [3.8, 4) is 22.5 Å². The van der Waals surface area contributed by atoms with Gasteiger partial charge in [-0.25, -0.2) is 9.97 Å². The van der Waals surface area contributed by atoms with Crippen molar-refractivity contribution < 1.29 is 4.79 Å². The SMILES string of the molecule is CCC(C(=N)C(C)C(=O)C(C)C(=N)C(CC)c1ncc(-c2ccccc2)[nH]1)c1ncc(-c2ccccc2)[nH]1. The number of nitrogens with one attached hydrogen (secondary N) is 4. The van der Waals surface area contributed by atoms with Gasteiger partial charge in [-0.05, 0) is 24.0 Å². The van der Waals surface area contributed by atoms with Crippen LogP contribution in [0.4, 0.5) is 0 Å². The largest absolute Gasteiger partial charge is 0.341 e. The predicted molar refractivity (Wildman–Crippen MR) is 153 cm³/mol. The van der Waals surface area contributed by atoms with Crippen LogP contribution in [0.15, 0.2) is 73.1 Å². The Hall–Kier alpha value is -4.13. The Morgan fingerprint density at radius 2 is 1.08 bits per heavy atom. The van der Waals surface area contributed by atoms with E-state index in [2.05, 4.69) is 19.9 Å². The first-order chi connectivity index (χ1) is 18.3. The first-order valence-corrected chi connectivity index (χ1v) is 13.3. The Morgan fingerprint density at radius 3 is 1.42 bits per heavy atom. The zero-order valence-electron chi connectivity index (χ0n) is 22.5. The van der Waals surface area contributed by atoms with Gasteiger partial charge in [0.1, 0.15) is 17.4 Å². The molecule has 0 amide bonds. The van der Waals surface area contributed by atoms with Gasteiger partial charge in [-0.15, -0.1) is 0 Å². The van der Waals surface area contributed by atoms with Gasteiger partial charge in [-0.2, -0.15) is 0 Å². The molecule has 0 bridgehead atoms. The minimum atomic E-state index is -0.630. The van der Waals surface area contributed by atoms with E-state index in [0.717, 1.165) is 22.5 Å². The van der Waals surface area contributed by atoms with Gasteiger partial charge < -0.3 is 20.8 Å². The first-order valence-electron chi connectivity index (χ1n) is 13.3.